The van der Waals surface area contributed by atoms with Crippen LogP contribution in [0.25, 0.3) is 11.1 Å². The summed E-state index contributed by atoms with van der Waals surface area (Å²) in [6.45, 7) is 1.55. The lowest BCUT2D eigenvalue weighted by Gasteiger charge is -2.07. The van der Waals surface area contributed by atoms with Crippen LogP contribution in [0.2, 0.25) is 5.02 Å². The number of carbonyl (C=O) groups excluding carboxylic acids is 1. The molecule has 0 radical (unpaired) electrons. The number of oxazole rings is 1. The second-order valence-corrected chi connectivity index (χ2v) is 7.19. The number of fused-ring (bicyclic) bond motifs is 1. The van der Waals surface area contributed by atoms with E-state index in [9.17, 15) is 14.9 Å². The van der Waals surface area contributed by atoms with E-state index in [1.54, 1.807) is 31.2 Å². The van der Waals surface area contributed by atoms with Crippen LogP contribution in [0, 0.1) is 17.0 Å². The van der Waals surface area contributed by atoms with E-state index in [1.165, 1.54) is 12.1 Å². The van der Waals surface area contributed by atoms with Crippen LogP contribution in [0.4, 0.5) is 11.4 Å². The molecule has 1 heterocycles. The van der Waals surface area contributed by atoms with Crippen molar-refractivity contribution in [1.82, 2.24) is 4.98 Å². The summed E-state index contributed by atoms with van der Waals surface area (Å²) in [5.41, 5.74) is 3.20. The Morgan fingerprint density at radius 1 is 1.17 bits per heavy atom. The van der Waals surface area contributed by atoms with Gasteiger partial charge >= 0.3 is 0 Å². The van der Waals surface area contributed by atoms with E-state index >= 15 is 0 Å². The summed E-state index contributed by atoms with van der Waals surface area (Å²) in [6, 6.07) is 17.0. The van der Waals surface area contributed by atoms with Gasteiger partial charge in [0.2, 0.25) is 0 Å². The highest BCUT2D eigenvalue weighted by molar-refractivity contribution is 6.30. The lowest BCUT2D eigenvalue weighted by atomic mass is 10.1. The van der Waals surface area contributed by atoms with Crippen LogP contribution >= 0.6 is 11.6 Å². The fraction of sp³-hybridized carbons (Fsp3) is 0.0909. The summed E-state index contributed by atoms with van der Waals surface area (Å²) in [4.78, 5) is 27.7. The Labute approximate surface area is 176 Å². The molecule has 0 saturated heterocycles. The monoisotopic (exact) mass is 421 g/mol. The highest BCUT2D eigenvalue weighted by Gasteiger charge is 2.18. The molecule has 0 aliphatic rings. The molecule has 1 N–H and O–H groups in total. The van der Waals surface area contributed by atoms with Crippen molar-refractivity contribution in [3.8, 4) is 0 Å². The number of halogens is 1. The number of nitrogens with zero attached hydrogens (tertiary/aromatic N) is 2. The number of benzene rings is 3. The molecule has 1 aromatic heterocycles. The molecule has 7 nitrogen and oxygen atoms in total. The molecular weight excluding hydrogens is 406 g/mol. The third kappa shape index (κ3) is 4.01. The van der Waals surface area contributed by atoms with Crippen molar-refractivity contribution in [2.75, 3.05) is 5.32 Å². The van der Waals surface area contributed by atoms with Gasteiger partial charge in [-0.05, 0) is 48.9 Å². The SMILES string of the molecule is Cc1c(C(=O)Nc2ccc3oc(Cc4ccc(Cl)cc4)nc3c2)cccc1[N+](=O)[O-]. The first-order valence-corrected chi connectivity index (χ1v) is 9.48. The second-order valence-electron chi connectivity index (χ2n) is 6.75. The Balaban J connectivity index is 1.55. The highest BCUT2D eigenvalue weighted by Crippen LogP contribution is 2.25. The topological polar surface area (TPSA) is 98.3 Å². The van der Waals surface area contributed by atoms with Crippen molar-refractivity contribution >= 4 is 40.0 Å². The first-order valence-electron chi connectivity index (χ1n) is 9.10. The van der Waals surface area contributed by atoms with Gasteiger partial charge in [-0.25, -0.2) is 4.98 Å². The first-order chi connectivity index (χ1) is 14.4. The van der Waals surface area contributed by atoms with Gasteiger partial charge in [0.25, 0.3) is 11.6 Å². The third-order valence-corrected chi connectivity index (χ3v) is 4.96. The van der Waals surface area contributed by atoms with E-state index in [-0.39, 0.29) is 11.3 Å². The normalized spacial score (nSPS) is 10.9. The van der Waals surface area contributed by atoms with Gasteiger partial charge < -0.3 is 9.73 Å². The summed E-state index contributed by atoms with van der Waals surface area (Å²) >= 11 is 5.91. The highest BCUT2D eigenvalue weighted by atomic mass is 35.5. The summed E-state index contributed by atoms with van der Waals surface area (Å²) in [6.07, 6.45) is 0.514. The molecule has 0 saturated carbocycles. The number of anilines is 1. The van der Waals surface area contributed by atoms with Gasteiger partial charge in [0, 0.05) is 34.3 Å². The van der Waals surface area contributed by atoms with Crippen molar-refractivity contribution in [2.45, 2.75) is 13.3 Å². The number of nitrogens with one attached hydrogen (secondary N) is 1. The lowest BCUT2D eigenvalue weighted by Crippen LogP contribution is -2.14. The summed E-state index contributed by atoms with van der Waals surface area (Å²) < 4.78 is 5.78. The van der Waals surface area contributed by atoms with Crippen molar-refractivity contribution < 1.29 is 14.1 Å². The maximum atomic E-state index is 12.6. The molecule has 0 fully saturated rings. The molecule has 0 bridgehead atoms. The van der Waals surface area contributed by atoms with E-state index in [2.05, 4.69) is 10.3 Å². The lowest BCUT2D eigenvalue weighted by molar-refractivity contribution is -0.385. The van der Waals surface area contributed by atoms with E-state index in [0.29, 0.717) is 39.7 Å². The third-order valence-electron chi connectivity index (χ3n) is 4.70. The largest absolute Gasteiger partial charge is 0.440 e. The van der Waals surface area contributed by atoms with Crippen molar-refractivity contribution in [1.29, 1.82) is 0 Å². The standard InChI is InChI=1S/C22H16ClN3O4/c1-13-17(3-2-4-19(13)26(28)29)22(27)24-16-9-10-20-18(12-16)25-21(30-20)11-14-5-7-15(23)8-6-14/h2-10,12H,11H2,1H3,(H,24,27). The van der Waals surface area contributed by atoms with Crippen LogP contribution in [0.5, 0.6) is 0 Å². The number of hydrogen-bond acceptors (Lipinski definition) is 5. The molecule has 4 rings (SSSR count). The van der Waals surface area contributed by atoms with Gasteiger partial charge in [-0.15, -0.1) is 0 Å². The molecule has 1 amide bonds. The van der Waals surface area contributed by atoms with Crippen LogP contribution in [-0.4, -0.2) is 15.8 Å². The molecule has 3 aromatic carbocycles. The smallest absolute Gasteiger partial charge is 0.273 e. The van der Waals surface area contributed by atoms with Crippen LogP contribution in [-0.2, 0) is 6.42 Å². The summed E-state index contributed by atoms with van der Waals surface area (Å²) in [7, 11) is 0. The maximum absolute atomic E-state index is 12.6. The predicted molar refractivity (Wildman–Crippen MR) is 114 cm³/mol. The maximum Gasteiger partial charge on any atom is 0.273 e. The van der Waals surface area contributed by atoms with Gasteiger partial charge in [0.1, 0.15) is 5.52 Å². The summed E-state index contributed by atoms with van der Waals surface area (Å²) in [5, 5.41) is 14.5. The van der Waals surface area contributed by atoms with Crippen molar-refractivity contribution in [3.05, 3.63) is 98.4 Å². The fourth-order valence-corrected chi connectivity index (χ4v) is 3.30. The first kappa shape index (κ1) is 19.6. The fourth-order valence-electron chi connectivity index (χ4n) is 3.17. The van der Waals surface area contributed by atoms with E-state index < -0.39 is 10.8 Å². The molecule has 0 spiro atoms. The Bertz CT molecular complexity index is 1270. The molecule has 0 aliphatic carbocycles. The van der Waals surface area contributed by atoms with Crippen LogP contribution < -0.4 is 5.32 Å². The molecule has 0 aliphatic heterocycles. The number of rotatable bonds is 5. The van der Waals surface area contributed by atoms with Gasteiger partial charge in [0.05, 0.1) is 4.92 Å². The average molecular weight is 422 g/mol. The number of carbonyl (C=O) groups is 1. The van der Waals surface area contributed by atoms with E-state index in [4.69, 9.17) is 16.0 Å². The van der Waals surface area contributed by atoms with Gasteiger partial charge in [0.15, 0.2) is 11.5 Å². The zero-order valence-electron chi connectivity index (χ0n) is 15.9. The Hall–Kier alpha value is -3.71. The Morgan fingerprint density at radius 2 is 1.93 bits per heavy atom. The number of nitro benzene ring substituents is 1. The number of nitro groups is 1. The molecule has 4 aromatic rings. The van der Waals surface area contributed by atoms with Crippen LogP contribution in [0.15, 0.2) is 65.1 Å². The zero-order valence-corrected chi connectivity index (χ0v) is 16.6. The molecular formula is C22H16ClN3O4. The minimum absolute atomic E-state index is 0.0959. The zero-order chi connectivity index (χ0) is 21.3. The number of aromatic nitrogens is 1. The second kappa shape index (κ2) is 7.96. The van der Waals surface area contributed by atoms with E-state index in [0.717, 1.165) is 5.56 Å². The van der Waals surface area contributed by atoms with Gasteiger partial charge in [-0.2, -0.15) is 0 Å². The Morgan fingerprint density at radius 3 is 2.67 bits per heavy atom. The van der Waals surface area contributed by atoms with Crippen LogP contribution in [0.1, 0.15) is 27.4 Å². The molecule has 0 atom stereocenters. The van der Waals surface area contributed by atoms with Crippen molar-refractivity contribution in [2.24, 2.45) is 0 Å². The predicted octanol–water partition coefficient (Wildman–Crippen LogP) is 5.54. The number of hydrogen-bond donors (Lipinski definition) is 1. The minimum Gasteiger partial charge on any atom is -0.440 e. The van der Waals surface area contributed by atoms with E-state index in [1.807, 2.05) is 24.3 Å². The average Bonchev–Trinajstić information content (AvgIpc) is 3.11. The van der Waals surface area contributed by atoms with Gasteiger partial charge in [-0.3, -0.25) is 14.9 Å². The number of amides is 1. The molecule has 30 heavy (non-hydrogen) atoms. The molecule has 150 valence electrons. The van der Waals surface area contributed by atoms with Crippen LogP contribution in [0.3, 0.4) is 0 Å². The van der Waals surface area contributed by atoms with Gasteiger partial charge in [-0.1, -0.05) is 29.8 Å². The molecule has 8 heteroatoms. The van der Waals surface area contributed by atoms with Crippen molar-refractivity contribution in [3.63, 3.8) is 0 Å². The molecule has 0 unspecified atom stereocenters. The quantitative estimate of drug-likeness (QED) is 0.337. The summed E-state index contributed by atoms with van der Waals surface area (Å²) in [5.74, 6) is 0.116. The minimum atomic E-state index is -0.504. The Kier molecular flexibility index (Phi) is 5.20.